The summed E-state index contributed by atoms with van der Waals surface area (Å²) in [5.74, 6) is -1.19. The van der Waals surface area contributed by atoms with E-state index in [1.54, 1.807) is 0 Å². The summed E-state index contributed by atoms with van der Waals surface area (Å²) in [6, 6.07) is 9.46. The van der Waals surface area contributed by atoms with Crippen LogP contribution in [0.5, 0.6) is 0 Å². The lowest BCUT2D eigenvalue weighted by molar-refractivity contribution is -0.137. The fourth-order valence-corrected chi connectivity index (χ4v) is 5.72. The van der Waals surface area contributed by atoms with Gasteiger partial charge in [-0.05, 0) is 78.6 Å². The van der Waals surface area contributed by atoms with Crippen LogP contribution in [0.4, 0.5) is 28.3 Å². The third-order valence-corrected chi connectivity index (χ3v) is 7.67. The maximum atomic E-state index is 13.4. The van der Waals surface area contributed by atoms with Crippen molar-refractivity contribution in [1.29, 1.82) is 0 Å². The number of thiophene rings is 1. The summed E-state index contributed by atoms with van der Waals surface area (Å²) in [7, 11) is 0. The summed E-state index contributed by atoms with van der Waals surface area (Å²) in [5, 5.41) is 5.68. The molecule has 0 radical (unpaired) electrons. The zero-order valence-corrected chi connectivity index (χ0v) is 20.9. The molecule has 4 nitrogen and oxygen atoms in total. The highest BCUT2D eigenvalue weighted by Gasteiger charge is 2.35. The number of anilines is 2. The first-order chi connectivity index (χ1) is 16.8. The fraction of sp³-hybridized carbons (Fsp3) is 0.333. The number of rotatable bonds is 4. The number of alkyl halides is 3. The molecule has 0 bridgehead atoms. The minimum atomic E-state index is -4.54. The van der Waals surface area contributed by atoms with E-state index < -0.39 is 29.4 Å². The molecule has 1 atom stereocenters. The first kappa shape index (κ1) is 25.9. The van der Waals surface area contributed by atoms with E-state index in [9.17, 15) is 27.2 Å². The summed E-state index contributed by atoms with van der Waals surface area (Å²) < 4.78 is 52.7. The molecule has 1 unspecified atom stereocenters. The van der Waals surface area contributed by atoms with Crippen molar-refractivity contribution < 1.29 is 27.2 Å². The minimum Gasteiger partial charge on any atom is -0.322 e. The predicted octanol–water partition coefficient (Wildman–Crippen LogP) is 7.56. The second-order valence-electron chi connectivity index (χ2n) is 10.0. The van der Waals surface area contributed by atoms with Gasteiger partial charge in [-0.15, -0.1) is 11.3 Å². The van der Waals surface area contributed by atoms with Crippen LogP contribution in [-0.2, 0) is 19.0 Å². The molecule has 0 aliphatic heterocycles. The minimum absolute atomic E-state index is 0.00830. The summed E-state index contributed by atoms with van der Waals surface area (Å²) in [5.41, 5.74) is 0.480. The van der Waals surface area contributed by atoms with Crippen molar-refractivity contribution in [2.45, 2.75) is 46.2 Å². The molecule has 1 aliphatic rings. The van der Waals surface area contributed by atoms with Gasteiger partial charge in [-0.1, -0.05) is 26.8 Å². The number of halogens is 4. The van der Waals surface area contributed by atoms with E-state index in [1.807, 2.05) is 0 Å². The molecule has 0 saturated heterocycles. The second kappa shape index (κ2) is 9.69. The Hall–Kier alpha value is -3.20. The van der Waals surface area contributed by atoms with E-state index in [0.29, 0.717) is 17.3 Å². The fourth-order valence-electron chi connectivity index (χ4n) is 4.40. The number of nitrogens with one attached hydrogen (secondary N) is 2. The standard InChI is InChI=1S/C27H26F4N2O2S/c1-26(2,3)16-9-12-20-21(14-16)36-25(33-23(34)15-7-10-18(28)11-8-15)22(20)24(35)32-19-6-4-5-17(13-19)27(29,30)31/h4-8,10-11,13,16H,9,12,14H2,1-3H3,(H,32,35)(H,33,34). The first-order valence-corrected chi connectivity index (χ1v) is 12.3. The van der Waals surface area contributed by atoms with Crippen LogP contribution < -0.4 is 10.6 Å². The van der Waals surface area contributed by atoms with E-state index in [0.717, 1.165) is 35.4 Å². The molecule has 0 saturated carbocycles. The Morgan fingerprint density at radius 3 is 2.31 bits per heavy atom. The third-order valence-electron chi connectivity index (χ3n) is 6.50. The smallest absolute Gasteiger partial charge is 0.322 e. The molecular weight excluding hydrogens is 492 g/mol. The quantitative estimate of drug-likeness (QED) is 0.350. The Kier molecular flexibility index (Phi) is 6.96. The molecule has 2 aromatic carbocycles. The van der Waals surface area contributed by atoms with Gasteiger partial charge in [0.05, 0.1) is 11.1 Å². The maximum Gasteiger partial charge on any atom is 0.416 e. The zero-order chi connectivity index (χ0) is 26.3. The zero-order valence-electron chi connectivity index (χ0n) is 20.1. The number of carbonyl (C=O) groups excluding carboxylic acids is 2. The molecule has 36 heavy (non-hydrogen) atoms. The monoisotopic (exact) mass is 518 g/mol. The summed E-state index contributed by atoms with van der Waals surface area (Å²) in [6.07, 6.45) is -2.34. The summed E-state index contributed by atoms with van der Waals surface area (Å²) in [6.45, 7) is 6.48. The van der Waals surface area contributed by atoms with Gasteiger partial charge >= 0.3 is 6.18 Å². The first-order valence-electron chi connectivity index (χ1n) is 11.5. The molecule has 2 amide bonds. The molecule has 1 aromatic heterocycles. The summed E-state index contributed by atoms with van der Waals surface area (Å²) in [4.78, 5) is 27.2. The Morgan fingerprint density at radius 1 is 0.972 bits per heavy atom. The van der Waals surface area contributed by atoms with Gasteiger partial charge < -0.3 is 10.6 Å². The Bertz CT molecular complexity index is 1290. The molecule has 1 aliphatic carbocycles. The molecule has 190 valence electrons. The lowest BCUT2D eigenvalue weighted by Crippen LogP contribution is -2.27. The second-order valence-corrected chi connectivity index (χ2v) is 11.1. The highest BCUT2D eigenvalue weighted by atomic mass is 32.1. The van der Waals surface area contributed by atoms with E-state index in [4.69, 9.17) is 0 Å². The Balaban J connectivity index is 1.68. The highest BCUT2D eigenvalue weighted by Crippen LogP contribution is 2.44. The molecule has 0 spiro atoms. The predicted molar refractivity (Wildman–Crippen MR) is 133 cm³/mol. The van der Waals surface area contributed by atoms with E-state index in [1.165, 1.54) is 47.7 Å². The van der Waals surface area contributed by atoms with E-state index in [-0.39, 0.29) is 22.2 Å². The van der Waals surface area contributed by atoms with Gasteiger partial charge in [0.1, 0.15) is 10.8 Å². The van der Waals surface area contributed by atoms with Crippen LogP contribution in [0.2, 0.25) is 0 Å². The molecule has 1 heterocycles. The number of carbonyl (C=O) groups is 2. The van der Waals surface area contributed by atoms with Crippen molar-refractivity contribution in [2.75, 3.05) is 10.6 Å². The van der Waals surface area contributed by atoms with Gasteiger partial charge in [0.2, 0.25) is 0 Å². The van der Waals surface area contributed by atoms with Gasteiger partial charge in [-0.25, -0.2) is 4.39 Å². The molecular formula is C27H26F4N2O2S. The molecule has 2 N–H and O–H groups in total. The van der Waals surface area contributed by atoms with Crippen LogP contribution in [0.25, 0.3) is 0 Å². The number of fused-ring (bicyclic) bond motifs is 1. The molecule has 0 fully saturated rings. The van der Waals surface area contributed by atoms with Crippen LogP contribution in [0, 0.1) is 17.2 Å². The van der Waals surface area contributed by atoms with Crippen LogP contribution >= 0.6 is 11.3 Å². The number of hydrogen-bond donors (Lipinski definition) is 2. The summed E-state index contributed by atoms with van der Waals surface area (Å²) >= 11 is 1.31. The Labute approximate surface area is 210 Å². The molecule has 4 rings (SSSR count). The Morgan fingerprint density at radius 2 is 1.67 bits per heavy atom. The average Bonchev–Trinajstić information content (AvgIpc) is 3.15. The van der Waals surface area contributed by atoms with Crippen molar-refractivity contribution >= 4 is 33.8 Å². The lowest BCUT2D eigenvalue weighted by atomic mass is 9.72. The SMILES string of the molecule is CC(C)(C)C1CCc2c(sc(NC(=O)c3ccc(F)cc3)c2C(=O)Nc2cccc(C(F)(F)F)c2)C1. The van der Waals surface area contributed by atoms with Crippen molar-refractivity contribution in [1.82, 2.24) is 0 Å². The largest absolute Gasteiger partial charge is 0.416 e. The van der Waals surface area contributed by atoms with Gasteiger partial charge in [0, 0.05) is 16.1 Å². The van der Waals surface area contributed by atoms with Crippen molar-refractivity contribution in [3.05, 3.63) is 81.5 Å². The van der Waals surface area contributed by atoms with Gasteiger partial charge in [0.15, 0.2) is 0 Å². The van der Waals surface area contributed by atoms with Crippen LogP contribution in [0.1, 0.15) is 63.9 Å². The van der Waals surface area contributed by atoms with Crippen molar-refractivity contribution in [3.63, 3.8) is 0 Å². The van der Waals surface area contributed by atoms with E-state index >= 15 is 0 Å². The van der Waals surface area contributed by atoms with Gasteiger partial charge in [-0.3, -0.25) is 9.59 Å². The van der Waals surface area contributed by atoms with Crippen LogP contribution in [0.3, 0.4) is 0 Å². The normalized spacial score (nSPS) is 15.8. The van der Waals surface area contributed by atoms with Crippen LogP contribution in [-0.4, -0.2) is 11.8 Å². The number of hydrogen-bond acceptors (Lipinski definition) is 3. The van der Waals surface area contributed by atoms with Crippen molar-refractivity contribution in [3.8, 4) is 0 Å². The number of benzene rings is 2. The number of amides is 2. The lowest BCUT2D eigenvalue weighted by Gasteiger charge is -2.33. The third kappa shape index (κ3) is 5.61. The van der Waals surface area contributed by atoms with Crippen LogP contribution in [0.15, 0.2) is 48.5 Å². The van der Waals surface area contributed by atoms with Gasteiger partial charge in [0.25, 0.3) is 11.8 Å². The topological polar surface area (TPSA) is 58.2 Å². The molecule has 9 heteroatoms. The molecule has 3 aromatic rings. The van der Waals surface area contributed by atoms with E-state index in [2.05, 4.69) is 31.4 Å². The van der Waals surface area contributed by atoms with Gasteiger partial charge in [-0.2, -0.15) is 13.2 Å². The average molecular weight is 519 g/mol. The van der Waals surface area contributed by atoms with Crippen molar-refractivity contribution in [2.24, 2.45) is 11.3 Å². The highest BCUT2D eigenvalue weighted by molar-refractivity contribution is 7.17. The maximum absolute atomic E-state index is 13.4.